The summed E-state index contributed by atoms with van der Waals surface area (Å²) in [5.41, 5.74) is -0.100. The van der Waals surface area contributed by atoms with Crippen molar-refractivity contribution in [3.8, 4) is 0 Å². The predicted molar refractivity (Wildman–Crippen MR) is 72.4 cm³/mol. The summed E-state index contributed by atoms with van der Waals surface area (Å²) in [4.78, 5) is 29.8. The van der Waals surface area contributed by atoms with Gasteiger partial charge in [-0.15, -0.1) is 0 Å². The molecule has 2 rings (SSSR count). The van der Waals surface area contributed by atoms with Gasteiger partial charge >= 0.3 is 5.97 Å². The number of likely N-dealkylation sites (tertiary alicyclic amines) is 1. The van der Waals surface area contributed by atoms with E-state index in [4.69, 9.17) is 9.94 Å². The fourth-order valence-electron chi connectivity index (χ4n) is 2.50. The summed E-state index contributed by atoms with van der Waals surface area (Å²) in [5.74, 6) is -0.973. The van der Waals surface area contributed by atoms with Crippen LogP contribution in [-0.4, -0.2) is 59.4 Å². The van der Waals surface area contributed by atoms with Crippen LogP contribution in [0.15, 0.2) is 5.16 Å². The molecule has 2 atom stereocenters. The Balaban J connectivity index is 1.71. The van der Waals surface area contributed by atoms with Crippen LogP contribution in [0.4, 0.5) is 0 Å². The number of amides is 1. The highest BCUT2D eigenvalue weighted by atomic mass is 16.6. The van der Waals surface area contributed by atoms with Crippen LogP contribution in [0.2, 0.25) is 0 Å². The van der Waals surface area contributed by atoms with Gasteiger partial charge in [0, 0.05) is 25.6 Å². The third-order valence-electron chi connectivity index (χ3n) is 3.82. The maximum Gasteiger partial charge on any atom is 0.353 e. The Kier molecular flexibility index (Phi) is 4.59. The highest BCUT2D eigenvalue weighted by Gasteiger charge is 2.32. The molecule has 112 valence electrons. The normalized spacial score (nSPS) is 26.4. The lowest BCUT2D eigenvalue weighted by Gasteiger charge is -2.20. The van der Waals surface area contributed by atoms with Gasteiger partial charge in [-0.1, -0.05) is 5.16 Å². The van der Waals surface area contributed by atoms with Gasteiger partial charge in [0.05, 0.1) is 0 Å². The summed E-state index contributed by atoms with van der Waals surface area (Å²) in [7, 11) is 0. The predicted octanol–water partition coefficient (Wildman–Crippen LogP) is 0.0624. The first-order valence-electron chi connectivity index (χ1n) is 6.95. The first kappa shape index (κ1) is 14.8. The Morgan fingerprint density at radius 1 is 1.55 bits per heavy atom. The van der Waals surface area contributed by atoms with E-state index in [2.05, 4.69) is 29.2 Å². The van der Waals surface area contributed by atoms with Crippen LogP contribution in [0, 0.1) is 5.92 Å². The lowest BCUT2D eigenvalue weighted by atomic mass is 10.1. The number of hydrogen-bond donors (Lipinski definition) is 2. The van der Waals surface area contributed by atoms with Crippen molar-refractivity contribution in [1.29, 1.82) is 0 Å². The van der Waals surface area contributed by atoms with Crippen LogP contribution in [0.1, 0.15) is 26.7 Å². The summed E-state index contributed by atoms with van der Waals surface area (Å²) in [6, 6.07) is 0.528. The van der Waals surface area contributed by atoms with Gasteiger partial charge in [-0.3, -0.25) is 4.79 Å². The molecule has 20 heavy (non-hydrogen) atoms. The average Bonchev–Trinajstić information content (AvgIpc) is 3.05. The minimum Gasteiger partial charge on any atom is -0.477 e. The topological polar surface area (TPSA) is 91.2 Å². The standard InChI is InChI=1S/C13H21N3O4/c1-8(2)16-4-3-9(7-16)6-14-12(17)11-5-10(13(18)19)15-20-11/h8-9,11H,3-7H2,1-2H3,(H,14,17)(H,18,19). The van der Waals surface area contributed by atoms with Crippen molar-refractivity contribution >= 4 is 17.6 Å². The number of nitrogens with one attached hydrogen (secondary N) is 1. The van der Waals surface area contributed by atoms with E-state index in [9.17, 15) is 9.59 Å². The molecule has 1 saturated heterocycles. The van der Waals surface area contributed by atoms with Crippen LogP contribution < -0.4 is 5.32 Å². The Morgan fingerprint density at radius 3 is 2.85 bits per heavy atom. The zero-order chi connectivity index (χ0) is 14.7. The van der Waals surface area contributed by atoms with E-state index in [0.29, 0.717) is 18.5 Å². The van der Waals surface area contributed by atoms with Crippen LogP contribution >= 0.6 is 0 Å². The van der Waals surface area contributed by atoms with E-state index in [0.717, 1.165) is 19.5 Å². The maximum absolute atomic E-state index is 11.9. The molecule has 0 aromatic carbocycles. The molecule has 0 radical (unpaired) electrons. The minimum absolute atomic E-state index is 0.0317. The quantitative estimate of drug-likeness (QED) is 0.744. The molecule has 1 fully saturated rings. The Morgan fingerprint density at radius 2 is 2.30 bits per heavy atom. The van der Waals surface area contributed by atoms with Crippen LogP contribution in [0.25, 0.3) is 0 Å². The highest BCUT2D eigenvalue weighted by molar-refractivity contribution is 6.36. The number of carboxylic acids is 1. The van der Waals surface area contributed by atoms with Crippen LogP contribution in [0.5, 0.6) is 0 Å². The molecule has 7 nitrogen and oxygen atoms in total. The van der Waals surface area contributed by atoms with Crippen molar-refractivity contribution in [3.63, 3.8) is 0 Å². The molecule has 0 aromatic rings. The molecule has 0 aromatic heterocycles. The van der Waals surface area contributed by atoms with Crippen molar-refractivity contribution in [2.24, 2.45) is 11.1 Å². The summed E-state index contributed by atoms with van der Waals surface area (Å²) in [6.45, 7) is 6.98. The lowest BCUT2D eigenvalue weighted by molar-refractivity contribution is -0.131. The maximum atomic E-state index is 11.9. The molecular weight excluding hydrogens is 262 g/mol. The number of carbonyl (C=O) groups is 2. The number of carbonyl (C=O) groups excluding carboxylic acids is 1. The molecule has 2 aliphatic heterocycles. The van der Waals surface area contributed by atoms with Crippen molar-refractivity contribution in [1.82, 2.24) is 10.2 Å². The van der Waals surface area contributed by atoms with E-state index in [1.807, 2.05) is 0 Å². The van der Waals surface area contributed by atoms with E-state index in [1.54, 1.807) is 0 Å². The fourth-order valence-corrected chi connectivity index (χ4v) is 2.50. The number of oxime groups is 1. The molecule has 2 unspecified atom stereocenters. The zero-order valence-corrected chi connectivity index (χ0v) is 11.8. The van der Waals surface area contributed by atoms with Gasteiger partial charge in [0.2, 0.25) is 6.10 Å². The van der Waals surface area contributed by atoms with Gasteiger partial charge in [-0.2, -0.15) is 0 Å². The van der Waals surface area contributed by atoms with Crippen molar-refractivity contribution in [3.05, 3.63) is 0 Å². The van der Waals surface area contributed by atoms with Crippen LogP contribution in [0.3, 0.4) is 0 Å². The van der Waals surface area contributed by atoms with Gasteiger partial charge in [-0.05, 0) is 32.7 Å². The summed E-state index contributed by atoms with van der Waals surface area (Å²) >= 11 is 0. The van der Waals surface area contributed by atoms with Crippen molar-refractivity contribution in [2.45, 2.75) is 38.8 Å². The molecule has 0 bridgehead atoms. The largest absolute Gasteiger partial charge is 0.477 e. The average molecular weight is 283 g/mol. The van der Waals surface area contributed by atoms with Gasteiger partial charge in [0.1, 0.15) is 0 Å². The molecular formula is C13H21N3O4. The zero-order valence-electron chi connectivity index (χ0n) is 11.8. The Hall–Kier alpha value is -1.63. The second-order valence-electron chi connectivity index (χ2n) is 5.63. The smallest absolute Gasteiger partial charge is 0.353 e. The molecule has 1 amide bonds. The minimum atomic E-state index is -1.14. The fraction of sp³-hybridized carbons (Fsp3) is 0.769. The van der Waals surface area contributed by atoms with Gasteiger partial charge in [0.25, 0.3) is 5.91 Å². The molecule has 2 heterocycles. The summed E-state index contributed by atoms with van der Waals surface area (Å²) < 4.78 is 0. The number of nitrogens with zero attached hydrogens (tertiary/aromatic N) is 2. The summed E-state index contributed by atoms with van der Waals surface area (Å²) in [6.07, 6.45) is 0.300. The van der Waals surface area contributed by atoms with Crippen molar-refractivity contribution < 1.29 is 19.5 Å². The molecule has 7 heteroatoms. The monoisotopic (exact) mass is 283 g/mol. The van der Waals surface area contributed by atoms with E-state index in [-0.39, 0.29) is 18.0 Å². The Bertz CT molecular complexity index is 422. The first-order chi connectivity index (χ1) is 9.47. The highest BCUT2D eigenvalue weighted by Crippen LogP contribution is 2.18. The third kappa shape index (κ3) is 3.47. The van der Waals surface area contributed by atoms with E-state index < -0.39 is 12.1 Å². The van der Waals surface area contributed by atoms with Gasteiger partial charge in [-0.25, -0.2) is 4.79 Å². The second-order valence-corrected chi connectivity index (χ2v) is 5.63. The molecule has 2 N–H and O–H groups in total. The first-order valence-corrected chi connectivity index (χ1v) is 6.95. The number of rotatable bonds is 5. The molecule has 0 saturated carbocycles. The number of hydrogen-bond acceptors (Lipinski definition) is 5. The van der Waals surface area contributed by atoms with Gasteiger partial charge < -0.3 is 20.2 Å². The van der Waals surface area contributed by atoms with E-state index >= 15 is 0 Å². The van der Waals surface area contributed by atoms with Crippen LogP contribution in [-0.2, 0) is 14.4 Å². The Labute approximate surface area is 117 Å². The number of aliphatic carboxylic acids is 1. The lowest BCUT2D eigenvalue weighted by Crippen LogP contribution is -2.39. The third-order valence-corrected chi connectivity index (χ3v) is 3.82. The second kappa shape index (κ2) is 6.21. The number of carboxylic acid groups (broad SMARTS) is 1. The molecule has 0 spiro atoms. The van der Waals surface area contributed by atoms with E-state index in [1.165, 1.54) is 0 Å². The SMILES string of the molecule is CC(C)N1CCC(CNC(=O)C2CC(C(=O)O)=NO2)C1. The summed E-state index contributed by atoms with van der Waals surface area (Å²) in [5, 5.41) is 15.0. The van der Waals surface area contributed by atoms with Gasteiger partial charge in [0.15, 0.2) is 5.71 Å². The molecule has 0 aliphatic carbocycles. The molecule has 2 aliphatic rings. The van der Waals surface area contributed by atoms with Crippen molar-refractivity contribution in [2.75, 3.05) is 19.6 Å².